The Morgan fingerprint density at radius 2 is 0.679 bits per heavy atom. The Kier molecular flexibility index (Phi) is 45.0. The van der Waals surface area contributed by atoms with Crippen LogP contribution in [0.2, 0.25) is 0 Å². The van der Waals surface area contributed by atoms with Crippen LogP contribution in [-0.2, 0) is 97.2 Å². The van der Waals surface area contributed by atoms with E-state index >= 15 is 0 Å². The Balaban J connectivity index is 0. The first-order valence-corrected chi connectivity index (χ1v) is 36.9. The van der Waals surface area contributed by atoms with Gasteiger partial charge in [-0.2, -0.15) is 0 Å². The van der Waals surface area contributed by atoms with E-state index < -0.39 is 133 Å². The molecule has 2 aromatic carbocycles. The number of nitro benzene ring substituents is 1. The first kappa shape index (κ1) is 103. The summed E-state index contributed by atoms with van der Waals surface area (Å²) < 4.78 is 53.4. The number of amides is 2. The summed E-state index contributed by atoms with van der Waals surface area (Å²) in [6, 6.07) is 13.6. The van der Waals surface area contributed by atoms with Gasteiger partial charge in [0.05, 0.1) is 28.6 Å². The maximum absolute atomic E-state index is 13.2. The Morgan fingerprint density at radius 1 is 0.385 bits per heavy atom. The number of benzene rings is 2. The molecule has 2 rings (SSSR count). The number of esters is 8. The van der Waals surface area contributed by atoms with Crippen molar-refractivity contribution in [3.63, 3.8) is 0 Å². The molecule has 109 heavy (non-hydrogen) atoms. The van der Waals surface area contributed by atoms with Crippen LogP contribution in [0.1, 0.15) is 274 Å². The van der Waals surface area contributed by atoms with Crippen molar-refractivity contribution in [2.45, 2.75) is 326 Å². The van der Waals surface area contributed by atoms with Crippen LogP contribution in [0, 0.1) is 33.8 Å². The third-order valence-electron chi connectivity index (χ3n) is 13.8. The van der Waals surface area contributed by atoms with Crippen molar-refractivity contribution in [2.75, 3.05) is 13.1 Å². The van der Waals surface area contributed by atoms with Crippen molar-refractivity contribution in [1.82, 2.24) is 10.6 Å². The lowest BCUT2D eigenvalue weighted by Gasteiger charge is -2.25. The van der Waals surface area contributed by atoms with Crippen LogP contribution in [0.15, 0.2) is 54.6 Å². The van der Waals surface area contributed by atoms with E-state index in [2.05, 4.69) is 10.6 Å². The van der Waals surface area contributed by atoms with E-state index in [1.165, 1.54) is 24.3 Å². The fourth-order valence-electron chi connectivity index (χ4n) is 9.52. The summed E-state index contributed by atoms with van der Waals surface area (Å²) in [6.45, 7) is 42.6. The second-order valence-electron chi connectivity index (χ2n) is 34.4. The molecule has 0 fully saturated rings. The number of unbranched alkanes of at least 4 members (excludes halogenated alkanes) is 2. The average Bonchev–Trinajstić information content (AvgIpc) is 0.878. The zero-order chi connectivity index (χ0) is 83.4. The van der Waals surface area contributed by atoms with Gasteiger partial charge in [-0.1, -0.05) is 43.2 Å². The van der Waals surface area contributed by atoms with Gasteiger partial charge in [0.15, 0.2) is 0 Å². The predicted octanol–water partition coefficient (Wildman–Crippen LogP) is 14.9. The van der Waals surface area contributed by atoms with Crippen LogP contribution in [0.5, 0.6) is 5.75 Å². The highest BCUT2D eigenvalue weighted by Crippen LogP contribution is 2.28. The lowest BCUT2D eigenvalue weighted by atomic mass is 9.90. The smallest absolute Gasteiger partial charge is 0.412 e. The lowest BCUT2D eigenvalue weighted by Crippen LogP contribution is -2.38. The van der Waals surface area contributed by atoms with Gasteiger partial charge in [-0.3, -0.25) is 58.1 Å². The molecule has 4 N–H and O–H groups in total. The number of ketones is 2. The number of hydrogen-bond acceptors (Lipinski definition) is 25. The molecule has 2 aromatic rings. The number of hydrogen-bond donors (Lipinski definition) is 3. The summed E-state index contributed by atoms with van der Waals surface area (Å²) in [4.78, 5) is 160. The molecular weight excluding hydrogens is 1440 g/mol. The minimum Gasteiger partial charge on any atom is -0.460 e. The second kappa shape index (κ2) is 47.7. The molecule has 0 saturated heterocycles. The van der Waals surface area contributed by atoms with Gasteiger partial charge < -0.3 is 63.7 Å². The molecule has 0 aromatic heterocycles. The van der Waals surface area contributed by atoms with Gasteiger partial charge in [-0.25, -0.2) is 9.59 Å². The number of nitro groups is 1. The number of halogens is 1. The molecule has 0 radical (unpaired) electrons. The molecule has 5 atom stereocenters. The Hall–Kier alpha value is -8.27. The van der Waals surface area contributed by atoms with Crippen LogP contribution >= 0.6 is 12.4 Å². The third kappa shape index (κ3) is 56.6. The number of carbonyl (C=O) groups excluding carboxylic acids is 12. The van der Waals surface area contributed by atoms with Crippen LogP contribution in [-0.4, -0.2) is 140 Å². The molecule has 0 bridgehead atoms. The Labute approximate surface area is 652 Å². The molecule has 0 aliphatic heterocycles. The summed E-state index contributed by atoms with van der Waals surface area (Å²) in [7, 11) is 0. The second-order valence-corrected chi connectivity index (χ2v) is 34.4. The number of nitrogens with zero attached hydrogens (tertiary/aromatic N) is 1. The van der Waals surface area contributed by atoms with E-state index in [1.54, 1.807) is 166 Å². The summed E-state index contributed by atoms with van der Waals surface area (Å²) in [5.41, 5.74) is 0.846. The third-order valence-corrected chi connectivity index (χ3v) is 13.8. The molecule has 0 spiro atoms. The standard InChI is InChI=1S/C34H53NO9.C33H50N2O11.C13H25NO4.ClH/c1-32(2,3)42-28(37)19-18-26(30(39)44-34(7,8)9)22-27(36)21-25(29(38)43-33(4,5)6)17-13-14-20-35-31(40)41-23-24-15-11-10-12-16-24;1-31(2,3)44-27(37)18-13-23(29(39)46-33(7,8)9)21-25(36)20-22(28(38)45-32(4,5)6)12-10-11-19-34-30(40)43-26-16-14-24(15-17-26)35(41)42;1-12(2,3)17-10(15)8-7-9(14)11(16)18-13(4,5)6;/h10-12,15-16,25-26H,13-14,17-23H2,1-9H3,(H,35,40);14-17,22-23H,10-13,18-21H2,1-9H3,(H,34,40);9H,7-8,14H2,1-6H3;1H/t25-,26-;22-,23-;9-;/m110./s1. The summed E-state index contributed by atoms with van der Waals surface area (Å²) in [5, 5.41) is 16.0. The fraction of sp³-hybridized carbons (Fsp3) is 0.700. The summed E-state index contributed by atoms with van der Waals surface area (Å²) >= 11 is 0. The maximum Gasteiger partial charge on any atom is 0.412 e. The number of non-ortho nitro benzene ring substituents is 1. The monoisotopic (exact) mass is 1560 g/mol. The number of nitrogens with one attached hydrogen (secondary N) is 2. The van der Waals surface area contributed by atoms with Crippen LogP contribution in [0.3, 0.4) is 0 Å². The van der Waals surface area contributed by atoms with Crippen molar-refractivity contribution >= 4 is 89.6 Å². The van der Waals surface area contributed by atoms with Crippen molar-refractivity contribution in [1.29, 1.82) is 0 Å². The van der Waals surface area contributed by atoms with Gasteiger partial charge in [-0.05, 0) is 229 Å². The predicted molar refractivity (Wildman–Crippen MR) is 412 cm³/mol. The molecule has 0 saturated carbocycles. The van der Waals surface area contributed by atoms with Gasteiger partial charge in [0.1, 0.15) is 74.8 Å². The normalized spacial score (nSPS) is 13.2. The summed E-state index contributed by atoms with van der Waals surface area (Å²) in [6.07, 6.45) is 1.05. The SMILES string of the molecule is CC(C)(C)OC(=O)CC[C@H](CC(=O)C[C@@H](CCCCNC(=O)OCc1ccccc1)C(=O)OC(C)(C)C)C(=O)OC(C)(C)C.CC(C)(C)OC(=O)CC[C@H](CC(=O)C[C@@H](CCCCNC(=O)Oc1ccc([N+](=O)[O-])cc1)C(=O)OC(C)(C)C)C(=O)OC(C)(C)C.CC(C)(C)OC(=O)CC[C@H](N)C(=O)OC(C)(C)C.Cl. The molecule has 2 amide bonds. The van der Waals surface area contributed by atoms with Gasteiger partial charge >= 0.3 is 59.9 Å². The first-order chi connectivity index (χ1) is 49.2. The van der Waals surface area contributed by atoms with E-state index in [4.69, 9.17) is 53.1 Å². The summed E-state index contributed by atoms with van der Waals surface area (Å²) in [5.74, 6) is -7.83. The van der Waals surface area contributed by atoms with Crippen molar-refractivity contribution in [3.05, 3.63) is 70.3 Å². The van der Waals surface area contributed by atoms with Crippen LogP contribution in [0.4, 0.5) is 15.3 Å². The zero-order valence-corrected chi connectivity index (χ0v) is 70.1. The highest BCUT2D eigenvalue weighted by molar-refractivity contribution is 5.89. The average molecular weight is 1570 g/mol. The van der Waals surface area contributed by atoms with Crippen molar-refractivity contribution in [3.8, 4) is 5.75 Å². The minimum absolute atomic E-state index is 0. The number of rotatable bonds is 36. The molecule has 0 unspecified atom stereocenters. The van der Waals surface area contributed by atoms with E-state index in [9.17, 15) is 67.6 Å². The van der Waals surface area contributed by atoms with Crippen molar-refractivity contribution < 1.29 is 110 Å². The van der Waals surface area contributed by atoms with Gasteiger partial charge in [0, 0.05) is 70.2 Å². The van der Waals surface area contributed by atoms with Crippen LogP contribution < -0.4 is 21.1 Å². The molecule has 0 aliphatic carbocycles. The molecule has 28 nitrogen and oxygen atoms in total. The maximum atomic E-state index is 13.2. The highest BCUT2D eigenvalue weighted by Gasteiger charge is 2.35. The number of Topliss-reactive ketones (excluding diaryl/α,β-unsaturated/α-hetero) is 2. The van der Waals surface area contributed by atoms with Gasteiger partial charge in [0.2, 0.25) is 0 Å². The Bertz CT molecular complexity index is 3210. The van der Waals surface area contributed by atoms with E-state index in [0.717, 1.165) is 5.56 Å². The molecule has 0 aliphatic rings. The topological polar surface area (TPSA) is 390 Å². The number of ether oxygens (including phenoxy) is 10. The quantitative estimate of drug-likeness (QED) is 0.0187. The molecular formula is C80H129ClN4O24. The molecule has 0 heterocycles. The van der Waals surface area contributed by atoms with Gasteiger partial charge in [-0.15, -0.1) is 12.4 Å². The number of nitrogens with two attached hydrogens (primary N) is 1. The highest BCUT2D eigenvalue weighted by atomic mass is 35.5. The van der Waals surface area contributed by atoms with E-state index in [1.807, 2.05) is 30.3 Å². The zero-order valence-electron chi connectivity index (χ0n) is 69.2. The Morgan fingerprint density at radius 3 is 0.991 bits per heavy atom. The lowest BCUT2D eigenvalue weighted by molar-refractivity contribution is -0.384. The van der Waals surface area contributed by atoms with E-state index in [0.29, 0.717) is 38.6 Å². The number of alkyl carbamates (subject to hydrolysis) is 1. The fourth-order valence-corrected chi connectivity index (χ4v) is 9.52. The van der Waals surface area contributed by atoms with Crippen LogP contribution in [0.25, 0.3) is 0 Å². The molecule has 29 heteroatoms. The first-order valence-electron chi connectivity index (χ1n) is 36.9. The van der Waals surface area contributed by atoms with Crippen molar-refractivity contribution in [2.24, 2.45) is 29.4 Å². The number of carbonyl (C=O) groups is 12. The van der Waals surface area contributed by atoms with Gasteiger partial charge in [0.25, 0.3) is 5.69 Å². The largest absolute Gasteiger partial charge is 0.460 e. The molecule has 620 valence electrons. The van der Waals surface area contributed by atoms with E-state index in [-0.39, 0.29) is 125 Å². The minimum atomic E-state index is -0.899.